The largest absolute Gasteiger partial charge is 0.208 e. The van der Waals surface area contributed by atoms with Crippen molar-refractivity contribution in [3.63, 3.8) is 0 Å². The number of rotatable bonds is 3. The monoisotopic (exact) mass is 749 g/mol. The fourth-order valence-corrected chi connectivity index (χ4v) is 10.8. The molecule has 3 heteroatoms. The normalized spacial score (nSPS) is 16.3. The zero-order chi connectivity index (χ0) is 38.7. The van der Waals surface area contributed by atoms with Gasteiger partial charge in [0.05, 0.1) is 5.41 Å². The second-order valence-electron chi connectivity index (χ2n) is 16.1. The summed E-state index contributed by atoms with van der Waals surface area (Å²) in [5, 5.41) is 9.72. The summed E-state index contributed by atoms with van der Waals surface area (Å²) >= 11 is 0. The van der Waals surface area contributed by atoms with Gasteiger partial charge in [0.15, 0.2) is 17.5 Å². The Morgan fingerprint density at radius 2 is 0.915 bits per heavy atom. The lowest BCUT2D eigenvalue weighted by Crippen LogP contribution is -2.27. The molecule has 0 radical (unpaired) electrons. The SMILES string of the molecule is C1=CC2=C(CC1)c1ccccc1C21c2ccccc2-c2ccc(-c3nc(-c4ccccc4)nc(-c4cc5c6ccccc6c6ccccc6c5c5ccccc45)n3)cc21. The zero-order valence-electron chi connectivity index (χ0n) is 32.2. The van der Waals surface area contributed by atoms with Crippen LogP contribution < -0.4 is 0 Å². The molecule has 9 aromatic carbocycles. The van der Waals surface area contributed by atoms with E-state index < -0.39 is 5.41 Å². The smallest absolute Gasteiger partial charge is 0.164 e. The summed E-state index contributed by atoms with van der Waals surface area (Å²) in [6, 6.07) is 64.0. The van der Waals surface area contributed by atoms with Gasteiger partial charge in [-0.15, -0.1) is 0 Å². The number of nitrogens with zero attached hydrogens (tertiary/aromatic N) is 3. The van der Waals surface area contributed by atoms with Crippen molar-refractivity contribution in [1.29, 1.82) is 0 Å². The van der Waals surface area contributed by atoms with Crippen molar-refractivity contribution in [1.82, 2.24) is 15.0 Å². The highest BCUT2D eigenvalue weighted by Crippen LogP contribution is 2.63. The first-order valence-electron chi connectivity index (χ1n) is 20.6. The van der Waals surface area contributed by atoms with E-state index >= 15 is 0 Å². The molecule has 0 aliphatic heterocycles. The maximum atomic E-state index is 5.47. The van der Waals surface area contributed by atoms with Crippen molar-refractivity contribution in [3.05, 3.63) is 216 Å². The average Bonchev–Trinajstić information content (AvgIpc) is 3.78. The summed E-state index contributed by atoms with van der Waals surface area (Å²) in [7, 11) is 0. The van der Waals surface area contributed by atoms with Crippen molar-refractivity contribution >= 4 is 48.7 Å². The quantitative estimate of drug-likeness (QED) is 0.169. The zero-order valence-corrected chi connectivity index (χ0v) is 32.2. The van der Waals surface area contributed by atoms with Crippen molar-refractivity contribution in [2.75, 3.05) is 0 Å². The van der Waals surface area contributed by atoms with E-state index in [0.29, 0.717) is 17.5 Å². The predicted octanol–water partition coefficient (Wildman–Crippen LogP) is 13.9. The molecule has 59 heavy (non-hydrogen) atoms. The highest BCUT2D eigenvalue weighted by atomic mass is 15.0. The highest BCUT2D eigenvalue weighted by molar-refractivity contribution is 6.32. The Morgan fingerprint density at radius 3 is 1.68 bits per heavy atom. The van der Waals surface area contributed by atoms with Crippen LogP contribution in [0.5, 0.6) is 0 Å². The Kier molecular flexibility index (Phi) is 6.77. The van der Waals surface area contributed by atoms with Gasteiger partial charge in [0.25, 0.3) is 0 Å². The molecule has 0 amide bonds. The number of hydrogen-bond donors (Lipinski definition) is 0. The maximum Gasteiger partial charge on any atom is 0.164 e. The van der Waals surface area contributed by atoms with Gasteiger partial charge < -0.3 is 0 Å². The van der Waals surface area contributed by atoms with Gasteiger partial charge in [-0.25, -0.2) is 15.0 Å². The van der Waals surface area contributed by atoms with E-state index in [-0.39, 0.29) is 0 Å². The van der Waals surface area contributed by atoms with Crippen molar-refractivity contribution in [2.24, 2.45) is 0 Å². The maximum absolute atomic E-state index is 5.47. The second kappa shape index (κ2) is 12.3. The molecule has 0 fully saturated rings. The van der Waals surface area contributed by atoms with Crippen LogP contribution >= 0.6 is 0 Å². The van der Waals surface area contributed by atoms with Crippen LogP contribution in [-0.4, -0.2) is 15.0 Å². The lowest BCUT2D eigenvalue weighted by atomic mass is 9.69. The van der Waals surface area contributed by atoms with Crippen LogP contribution in [0.1, 0.15) is 35.1 Å². The van der Waals surface area contributed by atoms with Crippen molar-refractivity contribution in [3.8, 4) is 45.3 Å². The van der Waals surface area contributed by atoms with Gasteiger partial charge in [-0.1, -0.05) is 176 Å². The van der Waals surface area contributed by atoms with Crippen LogP contribution in [-0.2, 0) is 5.41 Å². The average molecular weight is 750 g/mol. The summed E-state index contributed by atoms with van der Waals surface area (Å²) < 4.78 is 0. The molecule has 0 saturated heterocycles. The van der Waals surface area contributed by atoms with Gasteiger partial charge in [-0.2, -0.15) is 0 Å². The first kappa shape index (κ1) is 32.6. The van der Waals surface area contributed by atoms with Gasteiger partial charge in [0, 0.05) is 16.7 Å². The van der Waals surface area contributed by atoms with Crippen LogP contribution in [0.15, 0.2) is 194 Å². The van der Waals surface area contributed by atoms with E-state index in [2.05, 4.69) is 182 Å². The minimum absolute atomic E-state index is 0.415. The molecule has 1 aromatic heterocycles. The second-order valence-corrected chi connectivity index (χ2v) is 16.1. The summed E-state index contributed by atoms with van der Waals surface area (Å²) in [5.74, 6) is 1.98. The molecular weight excluding hydrogens is 715 g/mol. The van der Waals surface area contributed by atoms with Gasteiger partial charge in [-0.05, 0) is 113 Å². The van der Waals surface area contributed by atoms with Crippen LogP contribution in [0.4, 0.5) is 0 Å². The van der Waals surface area contributed by atoms with E-state index in [1.807, 2.05) is 6.07 Å². The van der Waals surface area contributed by atoms with Crippen molar-refractivity contribution in [2.45, 2.75) is 18.3 Å². The molecule has 274 valence electrons. The third-order valence-electron chi connectivity index (χ3n) is 13.2. The molecule has 0 N–H and O–H groups in total. The fraction of sp³-hybridized carbons (Fsp3) is 0.0536. The Labute approximate surface area is 341 Å². The first-order chi connectivity index (χ1) is 29.3. The summed E-state index contributed by atoms with van der Waals surface area (Å²) in [4.78, 5) is 16.1. The third-order valence-corrected chi connectivity index (χ3v) is 13.2. The van der Waals surface area contributed by atoms with Gasteiger partial charge in [0.2, 0.25) is 0 Å². The topological polar surface area (TPSA) is 38.7 Å². The molecule has 1 spiro atoms. The Morgan fingerprint density at radius 1 is 0.373 bits per heavy atom. The lowest BCUT2D eigenvalue weighted by Gasteiger charge is -2.32. The van der Waals surface area contributed by atoms with Crippen LogP contribution in [0.3, 0.4) is 0 Å². The molecule has 0 bridgehead atoms. The lowest BCUT2D eigenvalue weighted by molar-refractivity contribution is 0.780. The fourth-order valence-electron chi connectivity index (χ4n) is 10.8. The van der Waals surface area contributed by atoms with E-state index in [1.165, 1.54) is 82.2 Å². The minimum Gasteiger partial charge on any atom is -0.208 e. The number of aromatic nitrogens is 3. The van der Waals surface area contributed by atoms with E-state index in [0.717, 1.165) is 34.9 Å². The predicted molar refractivity (Wildman–Crippen MR) is 243 cm³/mol. The molecule has 1 atom stereocenters. The Bertz CT molecular complexity index is 3500. The molecule has 1 unspecified atom stereocenters. The van der Waals surface area contributed by atoms with E-state index in [1.54, 1.807) is 0 Å². The van der Waals surface area contributed by atoms with Gasteiger partial charge in [0.1, 0.15) is 0 Å². The summed E-state index contributed by atoms with van der Waals surface area (Å²) in [6.45, 7) is 0. The number of benzene rings is 9. The number of fused-ring (bicyclic) bond motifs is 17. The van der Waals surface area contributed by atoms with Crippen LogP contribution in [0.2, 0.25) is 0 Å². The highest BCUT2D eigenvalue weighted by Gasteiger charge is 2.52. The first-order valence-corrected chi connectivity index (χ1v) is 20.6. The number of hydrogen-bond acceptors (Lipinski definition) is 3. The molecular formula is C56H35N3. The Balaban J connectivity index is 1.10. The Hall–Kier alpha value is -7.49. The standard InChI is InChI=1S/C56H35N3/c1-2-16-34(17-3-1)53-57-54(35-30-31-43-42-24-12-15-29-50(42)56(51(43)32-35)48-27-13-10-22-40(48)41-23-11-14-28-49(41)56)59-55(58-53)47-33-46-38-20-5-4-18-36(38)37-19-6-8-25-44(37)52(46)45-26-9-7-21-39(45)47/h1-10,12-22,24-33H,11,23H2. The summed E-state index contributed by atoms with van der Waals surface area (Å²) in [5.41, 5.74) is 13.3. The van der Waals surface area contributed by atoms with Gasteiger partial charge >= 0.3 is 0 Å². The molecule has 3 nitrogen and oxygen atoms in total. The molecule has 3 aliphatic rings. The van der Waals surface area contributed by atoms with E-state index in [4.69, 9.17) is 15.0 Å². The third kappa shape index (κ3) is 4.45. The van der Waals surface area contributed by atoms with Crippen LogP contribution in [0.25, 0.3) is 94.0 Å². The summed E-state index contributed by atoms with van der Waals surface area (Å²) in [6.07, 6.45) is 6.87. The molecule has 0 saturated carbocycles. The van der Waals surface area contributed by atoms with Gasteiger partial charge in [-0.3, -0.25) is 0 Å². The molecule has 13 rings (SSSR count). The molecule has 1 heterocycles. The minimum atomic E-state index is -0.415. The van der Waals surface area contributed by atoms with Crippen molar-refractivity contribution < 1.29 is 0 Å². The van der Waals surface area contributed by atoms with E-state index in [9.17, 15) is 0 Å². The molecule has 10 aromatic rings. The van der Waals surface area contributed by atoms with Crippen LogP contribution in [0, 0.1) is 0 Å². The number of allylic oxidation sites excluding steroid dienone is 4. The molecule has 3 aliphatic carbocycles.